The Bertz CT molecular complexity index is 1350. The summed E-state index contributed by atoms with van der Waals surface area (Å²) in [6.07, 6.45) is 1.29. The Labute approximate surface area is 178 Å². The predicted molar refractivity (Wildman–Crippen MR) is 116 cm³/mol. The van der Waals surface area contributed by atoms with Gasteiger partial charge in [0, 0.05) is 6.21 Å². The summed E-state index contributed by atoms with van der Waals surface area (Å²) in [6, 6.07) is 14.1. The first-order valence-corrected chi connectivity index (χ1v) is 10.4. The van der Waals surface area contributed by atoms with Gasteiger partial charge in [-0.1, -0.05) is 12.1 Å². The Hall–Kier alpha value is -4.10. The molecule has 3 N–H and O–H groups in total. The van der Waals surface area contributed by atoms with Crippen LogP contribution in [0.25, 0.3) is 0 Å². The molecule has 1 heterocycles. The highest BCUT2D eigenvalue weighted by molar-refractivity contribution is 7.92. The van der Waals surface area contributed by atoms with E-state index in [1.807, 2.05) is 0 Å². The number of hydrogen-bond donors (Lipinski definition) is 3. The summed E-state index contributed by atoms with van der Waals surface area (Å²) in [5.74, 6) is -0.0226. The van der Waals surface area contributed by atoms with Gasteiger partial charge in [-0.05, 0) is 48.9 Å². The van der Waals surface area contributed by atoms with E-state index in [0.717, 1.165) is 0 Å². The van der Waals surface area contributed by atoms with Gasteiger partial charge >= 0.3 is 0 Å². The second-order valence-electron chi connectivity index (χ2n) is 6.39. The molecule has 0 radical (unpaired) electrons. The lowest BCUT2D eigenvalue weighted by Gasteiger charge is -2.11. The van der Waals surface area contributed by atoms with Crippen molar-refractivity contribution >= 4 is 27.6 Å². The highest BCUT2D eigenvalue weighted by Crippen LogP contribution is 2.27. The molecule has 0 amide bonds. The van der Waals surface area contributed by atoms with Gasteiger partial charge in [0.1, 0.15) is 17.4 Å². The number of aliphatic imine (C=N–C) groups is 1. The Morgan fingerprint density at radius 2 is 1.87 bits per heavy atom. The molecular formula is C21H18N4O5S. The largest absolute Gasteiger partial charge is 0.495 e. The maximum Gasteiger partial charge on any atom is 0.268 e. The zero-order chi connectivity index (χ0) is 22.6. The van der Waals surface area contributed by atoms with E-state index in [2.05, 4.69) is 14.7 Å². The van der Waals surface area contributed by atoms with Crippen LogP contribution < -0.4 is 15.0 Å². The average Bonchev–Trinajstić information content (AvgIpc) is 2.74. The molecule has 0 aliphatic heterocycles. The average molecular weight is 438 g/mol. The number of nitriles is 1. The van der Waals surface area contributed by atoms with Crippen LogP contribution in [0.2, 0.25) is 0 Å². The minimum absolute atomic E-state index is 0.0205. The maximum absolute atomic E-state index is 12.6. The number of anilines is 1. The molecule has 1 aromatic heterocycles. The number of aromatic amines is 1. The number of ether oxygens (including phenoxy) is 1. The van der Waals surface area contributed by atoms with Crippen molar-refractivity contribution in [3.8, 4) is 17.7 Å². The summed E-state index contributed by atoms with van der Waals surface area (Å²) in [7, 11) is -2.41. The number of aromatic hydroxyl groups is 1. The van der Waals surface area contributed by atoms with Crippen molar-refractivity contribution in [2.45, 2.75) is 11.8 Å². The molecule has 0 aliphatic carbocycles. The van der Waals surface area contributed by atoms with Crippen LogP contribution in [0.3, 0.4) is 0 Å². The molecule has 9 nitrogen and oxygen atoms in total. The molecular weight excluding hydrogens is 420 g/mol. The number of para-hydroxylation sites is 2. The molecule has 31 heavy (non-hydrogen) atoms. The molecule has 0 fully saturated rings. The fourth-order valence-electron chi connectivity index (χ4n) is 2.80. The molecule has 0 saturated heterocycles. The van der Waals surface area contributed by atoms with E-state index in [4.69, 9.17) is 10.00 Å². The molecule has 0 spiro atoms. The lowest BCUT2D eigenvalue weighted by Crippen LogP contribution is -2.14. The lowest BCUT2D eigenvalue weighted by molar-refractivity contribution is 0.417. The van der Waals surface area contributed by atoms with Crippen molar-refractivity contribution in [2.24, 2.45) is 4.99 Å². The molecule has 0 saturated carbocycles. The Morgan fingerprint density at radius 3 is 2.52 bits per heavy atom. The topological polar surface area (TPSA) is 145 Å². The predicted octanol–water partition coefficient (Wildman–Crippen LogP) is 2.82. The van der Waals surface area contributed by atoms with Gasteiger partial charge in [0.15, 0.2) is 0 Å². The number of methoxy groups -OCH3 is 1. The number of nitrogens with one attached hydrogen (secondary N) is 2. The van der Waals surface area contributed by atoms with Crippen LogP contribution in [0.4, 0.5) is 11.4 Å². The molecule has 3 rings (SSSR count). The van der Waals surface area contributed by atoms with Gasteiger partial charge in [-0.15, -0.1) is 0 Å². The summed E-state index contributed by atoms with van der Waals surface area (Å²) in [5.41, 5.74) is 0.373. The van der Waals surface area contributed by atoms with Crippen molar-refractivity contribution < 1.29 is 18.3 Å². The van der Waals surface area contributed by atoms with Crippen LogP contribution in [0.15, 0.2) is 63.2 Å². The van der Waals surface area contributed by atoms with E-state index in [1.54, 1.807) is 30.3 Å². The third-order valence-electron chi connectivity index (χ3n) is 4.45. The molecule has 0 bridgehead atoms. The SMILES string of the molecule is COc1ccccc1NS(=O)(=O)c1ccc(N=Cc2c(O)[nH]c(=O)c(C#N)c2C)cc1. The van der Waals surface area contributed by atoms with Gasteiger partial charge in [-0.25, -0.2) is 8.42 Å². The van der Waals surface area contributed by atoms with E-state index < -0.39 is 21.5 Å². The van der Waals surface area contributed by atoms with Crippen LogP contribution in [0.5, 0.6) is 11.6 Å². The summed E-state index contributed by atoms with van der Waals surface area (Å²) >= 11 is 0. The lowest BCUT2D eigenvalue weighted by atomic mass is 10.1. The van der Waals surface area contributed by atoms with Crippen LogP contribution in [0, 0.1) is 18.3 Å². The van der Waals surface area contributed by atoms with Crippen molar-refractivity contribution in [3.63, 3.8) is 0 Å². The summed E-state index contributed by atoms with van der Waals surface area (Å²) in [4.78, 5) is 18.1. The van der Waals surface area contributed by atoms with E-state index in [1.165, 1.54) is 44.5 Å². The van der Waals surface area contributed by atoms with Crippen molar-refractivity contribution in [1.29, 1.82) is 5.26 Å². The zero-order valence-corrected chi connectivity index (χ0v) is 17.4. The molecule has 0 atom stereocenters. The normalized spacial score (nSPS) is 11.3. The van der Waals surface area contributed by atoms with E-state index in [9.17, 15) is 18.3 Å². The van der Waals surface area contributed by atoms with E-state index >= 15 is 0 Å². The van der Waals surface area contributed by atoms with Gasteiger partial charge in [-0.3, -0.25) is 19.5 Å². The van der Waals surface area contributed by atoms with Gasteiger partial charge in [0.25, 0.3) is 15.6 Å². The summed E-state index contributed by atoms with van der Waals surface area (Å²) in [6.45, 7) is 1.52. The number of pyridine rings is 1. The standard InChI is InChI=1S/C21H18N4O5S/c1-13-16(11-22)20(26)24-21(27)17(13)12-23-14-7-9-15(10-8-14)31(28,29)25-18-5-3-4-6-19(18)30-2/h3-10,12,25H,1-2H3,(H2,24,26,27). The quantitative estimate of drug-likeness (QED) is 0.505. The maximum atomic E-state index is 12.6. The Kier molecular flexibility index (Phi) is 6.08. The summed E-state index contributed by atoms with van der Waals surface area (Å²) in [5, 5.41) is 19.0. The van der Waals surface area contributed by atoms with Crippen LogP contribution in [-0.4, -0.2) is 31.8 Å². The monoisotopic (exact) mass is 438 g/mol. The molecule has 158 valence electrons. The fraction of sp³-hybridized carbons (Fsp3) is 0.0952. The number of nitrogens with zero attached hydrogens (tertiary/aromatic N) is 2. The number of rotatable bonds is 6. The number of aromatic nitrogens is 1. The van der Waals surface area contributed by atoms with Crippen LogP contribution >= 0.6 is 0 Å². The fourth-order valence-corrected chi connectivity index (χ4v) is 3.87. The van der Waals surface area contributed by atoms with Crippen molar-refractivity contribution in [1.82, 2.24) is 4.98 Å². The summed E-state index contributed by atoms with van der Waals surface area (Å²) < 4.78 is 32.9. The Balaban J connectivity index is 1.86. The third kappa shape index (κ3) is 4.57. The van der Waals surface area contributed by atoms with Gasteiger partial charge in [-0.2, -0.15) is 5.26 Å². The number of sulfonamides is 1. The van der Waals surface area contributed by atoms with Gasteiger partial charge < -0.3 is 9.84 Å². The molecule has 10 heteroatoms. The minimum Gasteiger partial charge on any atom is -0.495 e. The van der Waals surface area contributed by atoms with E-state index in [-0.39, 0.29) is 21.6 Å². The van der Waals surface area contributed by atoms with Crippen LogP contribution in [-0.2, 0) is 10.0 Å². The number of H-pyrrole nitrogens is 1. The highest BCUT2D eigenvalue weighted by atomic mass is 32.2. The molecule has 0 unspecified atom stereocenters. The molecule has 3 aromatic rings. The van der Waals surface area contributed by atoms with Gasteiger partial charge in [0.05, 0.1) is 28.9 Å². The first kappa shape index (κ1) is 21.6. The van der Waals surface area contributed by atoms with Crippen molar-refractivity contribution in [2.75, 3.05) is 11.8 Å². The van der Waals surface area contributed by atoms with Crippen LogP contribution in [0.1, 0.15) is 16.7 Å². The zero-order valence-electron chi connectivity index (χ0n) is 16.6. The first-order valence-electron chi connectivity index (χ1n) is 8.92. The second-order valence-corrected chi connectivity index (χ2v) is 8.07. The molecule has 0 aliphatic rings. The molecule has 2 aromatic carbocycles. The highest BCUT2D eigenvalue weighted by Gasteiger charge is 2.16. The number of benzene rings is 2. The minimum atomic E-state index is -3.85. The van der Waals surface area contributed by atoms with E-state index in [0.29, 0.717) is 17.1 Å². The first-order chi connectivity index (χ1) is 14.8. The number of hydrogen-bond acceptors (Lipinski definition) is 7. The third-order valence-corrected chi connectivity index (χ3v) is 5.83. The Morgan fingerprint density at radius 1 is 1.19 bits per heavy atom. The van der Waals surface area contributed by atoms with Gasteiger partial charge in [0.2, 0.25) is 5.88 Å². The smallest absolute Gasteiger partial charge is 0.268 e. The van der Waals surface area contributed by atoms with Crippen molar-refractivity contribution in [3.05, 3.63) is 75.6 Å². The second kappa shape index (κ2) is 8.73.